The lowest BCUT2D eigenvalue weighted by Crippen LogP contribution is -1.83. The van der Waals surface area contributed by atoms with Gasteiger partial charge in [-0.3, -0.25) is 0 Å². The van der Waals surface area contributed by atoms with E-state index >= 15 is 0 Å². The molecule has 0 fully saturated rings. The normalized spacial score (nSPS) is 11.3. The maximum atomic E-state index is 5.29. The van der Waals surface area contributed by atoms with Crippen LogP contribution in [0.3, 0.4) is 0 Å². The van der Waals surface area contributed by atoms with Crippen LogP contribution in [-0.2, 0) is 11.5 Å². The quantitative estimate of drug-likeness (QED) is 0.518. The van der Waals surface area contributed by atoms with Crippen LogP contribution in [0.2, 0.25) is 0 Å². The molecule has 0 saturated carbocycles. The van der Waals surface area contributed by atoms with Gasteiger partial charge in [0.25, 0.3) is 0 Å². The first-order valence-corrected chi connectivity index (χ1v) is 9.52. The Labute approximate surface area is 139 Å². The van der Waals surface area contributed by atoms with Crippen molar-refractivity contribution < 1.29 is 4.52 Å². The molecule has 0 radical (unpaired) electrons. The van der Waals surface area contributed by atoms with E-state index in [-0.39, 0.29) is 0 Å². The summed E-state index contributed by atoms with van der Waals surface area (Å²) in [7, 11) is 0. The Bertz CT molecular complexity index is 849. The largest absolute Gasteiger partial charge is 0.338 e. The fraction of sp³-hybridized carbons (Fsp3) is 0.133. The summed E-state index contributed by atoms with van der Waals surface area (Å²) in [6, 6.07) is 12.2. The molecule has 0 aliphatic rings. The molecular weight excluding hydrogens is 334 g/mol. The molecule has 1 aromatic carbocycles. The molecule has 0 N–H and O–H groups in total. The zero-order chi connectivity index (χ0) is 14.8. The lowest BCUT2D eigenvalue weighted by atomic mass is 10.3. The van der Waals surface area contributed by atoms with Gasteiger partial charge in [0, 0.05) is 5.75 Å². The van der Waals surface area contributed by atoms with Gasteiger partial charge < -0.3 is 4.52 Å². The van der Waals surface area contributed by atoms with Crippen molar-refractivity contribution in [1.29, 1.82) is 0 Å². The second-order valence-corrected chi connectivity index (χ2v) is 7.61. The Morgan fingerprint density at radius 3 is 2.86 bits per heavy atom. The highest BCUT2D eigenvalue weighted by Crippen LogP contribution is 2.27. The third kappa shape index (κ3) is 2.92. The van der Waals surface area contributed by atoms with Crippen LogP contribution in [0.15, 0.2) is 46.3 Å². The Morgan fingerprint density at radius 1 is 1.05 bits per heavy atom. The molecule has 4 nitrogen and oxygen atoms in total. The second kappa shape index (κ2) is 6.20. The molecular formula is C15H11N3OS3. The number of rotatable bonds is 5. The monoisotopic (exact) mass is 345 g/mol. The van der Waals surface area contributed by atoms with Crippen LogP contribution in [0.4, 0.5) is 0 Å². The van der Waals surface area contributed by atoms with Crippen molar-refractivity contribution in [2.45, 2.75) is 11.5 Å². The highest BCUT2D eigenvalue weighted by molar-refractivity contribution is 7.97. The average Bonchev–Trinajstić information content (AvgIpc) is 3.27. The standard InChI is InChI=1S/C15H11N3OS3/c1-2-5-11-10(4-1)16-14(22-11)9-20-8-13-17-15(18-19-13)12-6-3-7-21-12/h1-7H,8-9H2. The predicted molar refractivity (Wildman–Crippen MR) is 92.2 cm³/mol. The number of benzene rings is 1. The molecule has 110 valence electrons. The lowest BCUT2D eigenvalue weighted by molar-refractivity contribution is 0.392. The van der Waals surface area contributed by atoms with Crippen molar-refractivity contribution in [3.05, 3.63) is 52.7 Å². The zero-order valence-corrected chi connectivity index (χ0v) is 13.9. The molecule has 3 heterocycles. The fourth-order valence-corrected chi connectivity index (χ4v) is 4.56. The van der Waals surface area contributed by atoms with Crippen LogP contribution < -0.4 is 0 Å². The molecule has 0 unspecified atom stereocenters. The van der Waals surface area contributed by atoms with Crippen molar-refractivity contribution in [3.8, 4) is 10.7 Å². The fourth-order valence-electron chi connectivity index (χ4n) is 2.03. The molecule has 3 aromatic heterocycles. The van der Waals surface area contributed by atoms with Gasteiger partial charge in [0.2, 0.25) is 11.7 Å². The first kappa shape index (κ1) is 13.9. The number of hydrogen-bond acceptors (Lipinski definition) is 7. The van der Waals surface area contributed by atoms with Gasteiger partial charge in [-0.2, -0.15) is 4.98 Å². The number of thiazole rings is 1. The molecule has 4 rings (SSSR count). The van der Waals surface area contributed by atoms with Crippen LogP contribution >= 0.6 is 34.4 Å². The summed E-state index contributed by atoms with van der Waals surface area (Å²) in [5.74, 6) is 2.89. The van der Waals surface area contributed by atoms with Crippen LogP contribution in [0.1, 0.15) is 10.9 Å². The van der Waals surface area contributed by atoms with Gasteiger partial charge in [-0.25, -0.2) is 4.98 Å². The van der Waals surface area contributed by atoms with E-state index in [9.17, 15) is 0 Å². The molecule has 0 bridgehead atoms. The summed E-state index contributed by atoms with van der Waals surface area (Å²) in [6.45, 7) is 0. The molecule has 0 spiro atoms. The van der Waals surface area contributed by atoms with Gasteiger partial charge in [0.15, 0.2) is 0 Å². The number of hydrogen-bond donors (Lipinski definition) is 0. The van der Waals surface area contributed by atoms with E-state index in [1.54, 1.807) is 34.4 Å². The van der Waals surface area contributed by atoms with E-state index in [0.29, 0.717) is 17.5 Å². The van der Waals surface area contributed by atoms with E-state index < -0.39 is 0 Å². The number of nitrogens with zero attached hydrogens (tertiary/aromatic N) is 3. The minimum atomic E-state index is 0.662. The second-order valence-electron chi connectivity index (χ2n) is 4.56. The molecule has 0 aliphatic carbocycles. The summed E-state index contributed by atoms with van der Waals surface area (Å²) < 4.78 is 6.53. The average molecular weight is 345 g/mol. The third-order valence-corrected chi connectivity index (χ3v) is 6.01. The van der Waals surface area contributed by atoms with E-state index in [2.05, 4.69) is 21.2 Å². The minimum absolute atomic E-state index is 0.662. The lowest BCUT2D eigenvalue weighted by Gasteiger charge is -1.93. The van der Waals surface area contributed by atoms with Crippen LogP contribution in [0, 0.1) is 0 Å². The SMILES string of the molecule is c1csc(-c2noc(CSCc3nc4ccccc4s3)n2)c1. The van der Waals surface area contributed by atoms with Crippen molar-refractivity contribution in [3.63, 3.8) is 0 Å². The number of thioether (sulfide) groups is 1. The third-order valence-electron chi connectivity index (χ3n) is 3.00. The Balaban J connectivity index is 1.38. The first-order chi connectivity index (χ1) is 10.9. The Morgan fingerprint density at radius 2 is 2.00 bits per heavy atom. The van der Waals surface area contributed by atoms with E-state index in [0.717, 1.165) is 21.2 Å². The number of para-hydroxylation sites is 1. The van der Waals surface area contributed by atoms with Crippen molar-refractivity contribution in [2.24, 2.45) is 0 Å². The number of fused-ring (bicyclic) bond motifs is 1. The van der Waals surface area contributed by atoms with Gasteiger partial charge in [0.05, 0.1) is 20.8 Å². The van der Waals surface area contributed by atoms with E-state index in [4.69, 9.17) is 4.52 Å². The van der Waals surface area contributed by atoms with Gasteiger partial charge >= 0.3 is 0 Å². The molecule has 7 heteroatoms. The molecule has 0 atom stereocenters. The maximum absolute atomic E-state index is 5.29. The molecule has 0 saturated heterocycles. The van der Waals surface area contributed by atoms with Gasteiger partial charge in [-0.1, -0.05) is 23.4 Å². The highest BCUT2D eigenvalue weighted by atomic mass is 32.2. The molecule has 4 aromatic rings. The summed E-state index contributed by atoms with van der Waals surface area (Å²) in [4.78, 5) is 10.1. The number of thiophene rings is 1. The summed E-state index contributed by atoms with van der Waals surface area (Å²) >= 11 is 5.09. The topological polar surface area (TPSA) is 51.8 Å². The van der Waals surface area contributed by atoms with Crippen molar-refractivity contribution in [2.75, 3.05) is 0 Å². The van der Waals surface area contributed by atoms with Crippen LogP contribution in [-0.4, -0.2) is 15.1 Å². The highest BCUT2D eigenvalue weighted by Gasteiger charge is 2.10. The maximum Gasteiger partial charge on any atom is 0.236 e. The Hall–Kier alpha value is -1.70. The van der Waals surface area contributed by atoms with Gasteiger partial charge in [-0.15, -0.1) is 34.4 Å². The molecule has 22 heavy (non-hydrogen) atoms. The summed E-state index contributed by atoms with van der Waals surface area (Å²) in [5, 5.41) is 7.15. The zero-order valence-electron chi connectivity index (χ0n) is 11.4. The van der Waals surface area contributed by atoms with Crippen LogP contribution in [0.25, 0.3) is 20.9 Å². The summed E-state index contributed by atoms with van der Waals surface area (Å²) in [5.41, 5.74) is 1.07. The van der Waals surface area contributed by atoms with Crippen molar-refractivity contribution in [1.82, 2.24) is 15.1 Å². The Kier molecular flexibility index (Phi) is 3.92. The van der Waals surface area contributed by atoms with E-state index in [1.165, 1.54) is 4.70 Å². The van der Waals surface area contributed by atoms with Gasteiger partial charge in [0.1, 0.15) is 5.01 Å². The van der Waals surface area contributed by atoms with Gasteiger partial charge in [-0.05, 0) is 23.6 Å². The molecule has 0 aliphatic heterocycles. The minimum Gasteiger partial charge on any atom is -0.338 e. The smallest absolute Gasteiger partial charge is 0.236 e. The predicted octanol–water partition coefficient (Wildman–Crippen LogP) is 4.84. The number of aromatic nitrogens is 3. The van der Waals surface area contributed by atoms with Crippen molar-refractivity contribution >= 4 is 44.7 Å². The van der Waals surface area contributed by atoms with Crippen LogP contribution in [0.5, 0.6) is 0 Å². The summed E-state index contributed by atoms with van der Waals surface area (Å²) in [6.07, 6.45) is 0. The first-order valence-electron chi connectivity index (χ1n) is 6.67. The molecule has 0 amide bonds. The van der Waals surface area contributed by atoms with E-state index in [1.807, 2.05) is 35.7 Å².